The number of benzene rings is 2. The molecule has 27 heavy (non-hydrogen) atoms. The van der Waals surface area contributed by atoms with E-state index in [0.29, 0.717) is 11.8 Å². The highest BCUT2D eigenvalue weighted by Gasteiger charge is 2.33. The molecule has 0 aliphatic carbocycles. The van der Waals surface area contributed by atoms with Crippen LogP contribution >= 0.6 is 0 Å². The molecule has 1 N–H and O–H groups in total. The van der Waals surface area contributed by atoms with Crippen LogP contribution in [0.25, 0.3) is 0 Å². The minimum Gasteiger partial charge on any atom is -0.456 e. The molecule has 2 heterocycles. The molecule has 0 radical (unpaired) electrons. The van der Waals surface area contributed by atoms with E-state index < -0.39 is 0 Å². The van der Waals surface area contributed by atoms with Crippen LogP contribution in [0.3, 0.4) is 0 Å². The predicted molar refractivity (Wildman–Crippen MR) is 102 cm³/mol. The number of aryl methyl sites for hydroxylation is 1. The lowest BCUT2D eigenvalue weighted by Crippen LogP contribution is -2.36. The van der Waals surface area contributed by atoms with Gasteiger partial charge in [0.05, 0.1) is 0 Å². The van der Waals surface area contributed by atoms with Crippen LogP contribution in [0, 0.1) is 0 Å². The van der Waals surface area contributed by atoms with E-state index in [1.165, 1.54) is 12.5 Å². The standard InChI is InChI=1S/C22H25NO4/c1-15(24)27-22(17-8-12-20-21(13-17)26-14-25-20)19-11-10-18(23-19)9-7-16-5-3-2-4-6-16/h2-6,8,12-13,18-19,22-23H,7,9-11,14H2,1H3. The Bertz CT molecular complexity index is 792. The Kier molecular flexibility index (Phi) is 5.30. The lowest BCUT2D eigenvalue weighted by molar-refractivity contribution is -0.148. The van der Waals surface area contributed by atoms with Gasteiger partial charge in [-0.2, -0.15) is 0 Å². The highest BCUT2D eigenvalue weighted by atomic mass is 16.7. The molecule has 0 amide bonds. The van der Waals surface area contributed by atoms with Gasteiger partial charge in [-0.05, 0) is 48.9 Å². The van der Waals surface area contributed by atoms with Gasteiger partial charge in [0.15, 0.2) is 11.5 Å². The summed E-state index contributed by atoms with van der Waals surface area (Å²) in [5, 5.41) is 3.68. The molecule has 0 saturated carbocycles. The quantitative estimate of drug-likeness (QED) is 0.788. The molecule has 3 atom stereocenters. The zero-order valence-electron chi connectivity index (χ0n) is 15.5. The second-order valence-corrected chi connectivity index (χ2v) is 7.21. The van der Waals surface area contributed by atoms with Crippen molar-refractivity contribution >= 4 is 5.97 Å². The van der Waals surface area contributed by atoms with Gasteiger partial charge in [-0.15, -0.1) is 0 Å². The Morgan fingerprint density at radius 3 is 2.78 bits per heavy atom. The normalized spacial score (nSPS) is 21.8. The van der Waals surface area contributed by atoms with Gasteiger partial charge in [0, 0.05) is 19.0 Å². The first-order valence-electron chi connectivity index (χ1n) is 9.56. The number of hydrogen-bond acceptors (Lipinski definition) is 5. The van der Waals surface area contributed by atoms with Gasteiger partial charge < -0.3 is 19.5 Å². The molecule has 1 saturated heterocycles. The first kappa shape index (κ1) is 17.9. The van der Waals surface area contributed by atoms with Gasteiger partial charge in [-0.1, -0.05) is 36.4 Å². The highest BCUT2D eigenvalue weighted by Crippen LogP contribution is 2.37. The monoisotopic (exact) mass is 367 g/mol. The topological polar surface area (TPSA) is 56.8 Å². The number of ether oxygens (including phenoxy) is 3. The van der Waals surface area contributed by atoms with Crippen LogP contribution in [0.5, 0.6) is 11.5 Å². The minimum absolute atomic E-state index is 0.107. The first-order chi connectivity index (χ1) is 13.2. The van der Waals surface area contributed by atoms with E-state index in [9.17, 15) is 4.79 Å². The van der Waals surface area contributed by atoms with Crippen LogP contribution in [0.1, 0.15) is 43.4 Å². The van der Waals surface area contributed by atoms with Crippen molar-refractivity contribution in [2.24, 2.45) is 0 Å². The van der Waals surface area contributed by atoms with Crippen LogP contribution in [0.2, 0.25) is 0 Å². The van der Waals surface area contributed by atoms with Gasteiger partial charge >= 0.3 is 5.97 Å². The van der Waals surface area contributed by atoms with Crippen LogP contribution in [-0.4, -0.2) is 24.8 Å². The van der Waals surface area contributed by atoms with E-state index >= 15 is 0 Å². The summed E-state index contributed by atoms with van der Waals surface area (Å²) in [6, 6.07) is 16.8. The molecule has 0 aromatic heterocycles. The zero-order chi connectivity index (χ0) is 18.6. The SMILES string of the molecule is CC(=O)OC(c1ccc2c(c1)OCO2)C1CCC(CCc2ccccc2)N1. The fourth-order valence-corrected chi connectivity index (χ4v) is 3.95. The van der Waals surface area contributed by atoms with E-state index in [1.807, 2.05) is 24.3 Å². The predicted octanol–water partition coefficient (Wildman–Crippen LogP) is 3.77. The Morgan fingerprint density at radius 1 is 1.15 bits per heavy atom. The fourth-order valence-electron chi connectivity index (χ4n) is 3.95. The molecule has 2 aromatic rings. The summed E-state index contributed by atoms with van der Waals surface area (Å²) in [4.78, 5) is 11.7. The molecule has 142 valence electrons. The number of nitrogens with one attached hydrogen (secondary N) is 1. The highest BCUT2D eigenvalue weighted by molar-refractivity contribution is 5.66. The zero-order valence-corrected chi connectivity index (χ0v) is 15.5. The van der Waals surface area contributed by atoms with E-state index in [0.717, 1.165) is 37.0 Å². The molecule has 5 nitrogen and oxygen atoms in total. The molecule has 1 fully saturated rings. The van der Waals surface area contributed by atoms with Crippen molar-refractivity contribution in [2.75, 3.05) is 6.79 Å². The van der Waals surface area contributed by atoms with Gasteiger partial charge in [-0.3, -0.25) is 4.79 Å². The minimum atomic E-state index is -0.321. The van der Waals surface area contributed by atoms with Crippen molar-refractivity contribution in [2.45, 2.75) is 50.8 Å². The van der Waals surface area contributed by atoms with E-state index in [-0.39, 0.29) is 24.9 Å². The van der Waals surface area contributed by atoms with Crippen molar-refractivity contribution < 1.29 is 19.0 Å². The maximum Gasteiger partial charge on any atom is 0.303 e. The molecule has 0 bridgehead atoms. The summed E-state index contributed by atoms with van der Waals surface area (Å²) in [5.74, 6) is 1.18. The van der Waals surface area contributed by atoms with Crippen molar-refractivity contribution in [1.29, 1.82) is 0 Å². The number of esters is 1. The van der Waals surface area contributed by atoms with Crippen molar-refractivity contribution in [3.05, 3.63) is 59.7 Å². The molecule has 5 heteroatoms. The Labute approximate surface area is 159 Å². The molecule has 3 unspecified atom stereocenters. The average molecular weight is 367 g/mol. The average Bonchev–Trinajstić information content (AvgIpc) is 3.34. The number of fused-ring (bicyclic) bond motifs is 1. The largest absolute Gasteiger partial charge is 0.456 e. The Balaban J connectivity index is 1.43. The van der Waals surface area contributed by atoms with Crippen LogP contribution in [0.4, 0.5) is 0 Å². The van der Waals surface area contributed by atoms with Crippen LogP contribution in [-0.2, 0) is 16.0 Å². The van der Waals surface area contributed by atoms with E-state index in [1.54, 1.807) is 0 Å². The van der Waals surface area contributed by atoms with Gasteiger partial charge in [0.25, 0.3) is 0 Å². The molecule has 0 spiro atoms. The van der Waals surface area contributed by atoms with Gasteiger partial charge in [-0.25, -0.2) is 0 Å². The maximum absolute atomic E-state index is 11.7. The second-order valence-electron chi connectivity index (χ2n) is 7.21. The van der Waals surface area contributed by atoms with Crippen LogP contribution < -0.4 is 14.8 Å². The number of carbonyl (C=O) groups is 1. The van der Waals surface area contributed by atoms with Crippen molar-refractivity contribution in [3.8, 4) is 11.5 Å². The fraction of sp³-hybridized carbons (Fsp3) is 0.409. The summed E-state index contributed by atoms with van der Waals surface area (Å²) in [5.41, 5.74) is 2.30. The molecule has 2 aliphatic rings. The third kappa shape index (κ3) is 4.25. The van der Waals surface area contributed by atoms with Crippen molar-refractivity contribution in [1.82, 2.24) is 5.32 Å². The summed E-state index contributed by atoms with van der Waals surface area (Å²) >= 11 is 0. The Morgan fingerprint density at radius 2 is 1.96 bits per heavy atom. The molecular weight excluding hydrogens is 342 g/mol. The summed E-state index contributed by atoms with van der Waals surface area (Å²) < 4.78 is 16.6. The molecule has 2 aliphatic heterocycles. The molecule has 4 rings (SSSR count). The van der Waals surface area contributed by atoms with Crippen LogP contribution in [0.15, 0.2) is 48.5 Å². The number of hydrogen-bond donors (Lipinski definition) is 1. The Hall–Kier alpha value is -2.53. The first-order valence-corrected chi connectivity index (χ1v) is 9.56. The molecule has 2 aromatic carbocycles. The maximum atomic E-state index is 11.7. The van der Waals surface area contributed by atoms with Gasteiger partial charge in [0.1, 0.15) is 6.10 Å². The number of rotatable bonds is 6. The number of carbonyl (C=O) groups excluding carboxylic acids is 1. The van der Waals surface area contributed by atoms with Gasteiger partial charge in [0.2, 0.25) is 6.79 Å². The second kappa shape index (κ2) is 8.01. The lowest BCUT2D eigenvalue weighted by atomic mass is 10.00. The lowest BCUT2D eigenvalue weighted by Gasteiger charge is -2.25. The van der Waals surface area contributed by atoms with E-state index in [4.69, 9.17) is 14.2 Å². The van der Waals surface area contributed by atoms with Crippen molar-refractivity contribution in [3.63, 3.8) is 0 Å². The smallest absolute Gasteiger partial charge is 0.303 e. The summed E-state index contributed by atoms with van der Waals surface area (Å²) in [7, 11) is 0. The third-order valence-electron chi connectivity index (χ3n) is 5.28. The van der Waals surface area contributed by atoms with E-state index in [2.05, 4.69) is 29.6 Å². The molecular formula is C22H25NO4. The summed E-state index contributed by atoms with van der Waals surface area (Å²) in [6.07, 6.45) is 3.87. The summed E-state index contributed by atoms with van der Waals surface area (Å²) in [6.45, 7) is 1.70. The third-order valence-corrected chi connectivity index (χ3v) is 5.28.